The van der Waals surface area contributed by atoms with E-state index in [1.807, 2.05) is 7.05 Å². The maximum Gasteiger partial charge on any atom is 0.235 e. The molecule has 0 aliphatic heterocycles. The molecule has 1 amide bonds. The predicted octanol–water partition coefficient (Wildman–Crippen LogP) is -0.292. The van der Waals surface area contributed by atoms with Gasteiger partial charge in [-0.25, -0.2) is 5.84 Å². The maximum atomic E-state index is 10.8. The number of nitrogens with zero attached hydrogens (tertiary/aromatic N) is 1. The van der Waals surface area contributed by atoms with Gasteiger partial charge in [0, 0.05) is 19.5 Å². The molecule has 0 spiro atoms. The van der Waals surface area contributed by atoms with Gasteiger partial charge in [-0.2, -0.15) is 0 Å². The van der Waals surface area contributed by atoms with E-state index in [4.69, 9.17) is 5.84 Å². The fourth-order valence-corrected chi connectivity index (χ4v) is 1.20. The van der Waals surface area contributed by atoms with Gasteiger partial charge in [-0.1, -0.05) is 0 Å². The van der Waals surface area contributed by atoms with Crippen molar-refractivity contribution in [3.05, 3.63) is 0 Å². The summed E-state index contributed by atoms with van der Waals surface area (Å²) < 4.78 is 0. The first-order chi connectivity index (χ1) is 5.72. The SMILES string of the molecule is CN(CCC(=O)NN)CC1CC1. The molecule has 0 bridgehead atoms. The number of carbonyl (C=O) groups excluding carboxylic acids is 1. The van der Waals surface area contributed by atoms with Crippen molar-refractivity contribution in [1.82, 2.24) is 10.3 Å². The second-order valence-corrected chi connectivity index (χ2v) is 3.52. The van der Waals surface area contributed by atoms with E-state index in [1.165, 1.54) is 12.8 Å². The van der Waals surface area contributed by atoms with Gasteiger partial charge in [-0.3, -0.25) is 10.2 Å². The van der Waals surface area contributed by atoms with Crippen LogP contribution in [0.4, 0.5) is 0 Å². The molecule has 0 unspecified atom stereocenters. The Labute approximate surface area is 73.1 Å². The lowest BCUT2D eigenvalue weighted by atomic mass is 10.3. The Morgan fingerprint density at radius 3 is 2.83 bits per heavy atom. The minimum atomic E-state index is -0.0855. The lowest BCUT2D eigenvalue weighted by Gasteiger charge is -2.14. The van der Waals surface area contributed by atoms with Gasteiger partial charge in [-0.05, 0) is 25.8 Å². The molecule has 1 fully saturated rings. The number of hydrazine groups is 1. The largest absolute Gasteiger partial charge is 0.306 e. The molecule has 1 rings (SSSR count). The molecule has 4 nitrogen and oxygen atoms in total. The molecule has 1 aliphatic carbocycles. The van der Waals surface area contributed by atoms with E-state index in [0.717, 1.165) is 19.0 Å². The van der Waals surface area contributed by atoms with Gasteiger partial charge < -0.3 is 4.90 Å². The predicted molar refractivity (Wildman–Crippen MR) is 47.2 cm³/mol. The van der Waals surface area contributed by atoms with Gasteiger partial charge >= 0.3 is 0 Å². The molecule has 3 N–H and O–H groups in total. The molecular weight excluding hydrogens is 154 g/mol. The molecule has 0 saturated heterocycles. The Morgan fingerprint density at radius 2 is 2.33 bits per heavy atom. The van der Waals surface area contributed by atoms with E-state index in [0.29, 0.717) is 6.42 Å². The highest BCUT2D eigenvalue weighted by Gasteiger charge is 2.22. The summed E-state index contributed by atoms with van der Waals surface area (Å²) in [7, 11) is 2.04. The highest BCUT2D eigenvalue weighted by atomic mass is 16.2. The molecule has 0 radical (unpaired) electrons. The van der Waals surface area contributed by atoms with Crippen molar-refractivity contribution < 1.29 is 4.79 Å². The first kappa shape index (κ1) is 9.48. The number of hydrogen-bond donors (Lipinski definition) is 2. The van der Waals surface area contributed by atoms with Crippen molar-refractivity contribution in [2.24, 2.45) is 11.8 Å². The molecule has 0 aromatic rings. The van der Waals surface area contributed by atoms with Crippen LogP contribution < -0.4 is 11.3 Å². The molecular formula is C8H17N3O. The lowest BCUT2D eigenvalue weighted by molar-refractivity contribution is -0.121. The highest BCUT2D eigenvalue weighted by molar-refractivity contribution is 5.75. The molecule has 0 aromatic carbocycles. The Kier molecular flexibility index (Phi) is 3.49. The zero-order valence-electron chi connectivity index (χ0n) is 7.55. The van der Waals surface area contributed by atoms with Crippen LogP contribution in [0.2, 0.25) is 0 Å². The number of rotatable bonds is 5. The second-order valence-electron chi connectivity index (χ2n) is 3.52. The third-order valence-corrected chi connectivity index (χ3v) is 2.15. The summed E-state index contributed by atoms with van der Waals surface area (Å²) in [6, 6.07) is 0. The third kappa shape index (κ3) is 3.69. The number of nitrogens with one attached hydrogen (secondary N) is 1. The van der Waals surface area contributed by atoms with Crippen LogP contribution in [0.1, 0.15) is 19.3 Å². The van der Waals surface area contributed by atoms with E-state index in [2.05, 4.69) is 10.3 Å². The average Bonchev–Trinajstić information content (AvgIpc) is 2.84. The van der Waals surface area contributed by atoms with E-state index in [9.17, 15) is 4.79 Å². The summed E-state index contributed by atoms with van der Waals surface area (Å²) in [6.45, 7) is 1.93. The molecule has 1 saturated carbocycles. The lowest BCUT2D eigenvalue weighted by Crippen LogP contribution is -2.33. The van der Waals surface area contributed by atoms with Crippen LogP contribution in [-0.2, 0) is 4.79 Å². The van der Waals surface area contributed by atoms with Crippen LogP contribution in [0.5, 0.6) is 0 Å². The minimum Gasteiger partial charge on any atom is -0.306 e. The first-order valence-electron chi connectivity index (χ1n) is 4.40. The van der Waals surface area contributed by atoms with Gasteiger partial charge in [0.2, 0.25) is 5.91 Å². The zero-order valence-corrected chi connectivity index (χ0v) is 7.55. The fourth-order valence-electron chi connectivity index (χ4n) is 1.20. The van der Waals surface area contributed by atoms with E-state index in [-0.39, 0.29) is 5.91 Å². The summed E-state index contributed by atoms with van der Waals surface area (Å²) in [5, 5.41) is 0. The summed E-state index contributed by atoms with van der Waals surface area (Å²) in [4.78, 5) is 12.9. The Balaban J connectivity index is 2.00. The van der Waals surface area contributed by atoms with Crippen molar-refractivity contribution in [2.75, 3.05) is 20.1 Å². The Hall–Kier alpha value is -0.610. The molecule has 4 heteroatoms. The van der Waals surface area contributed by atoms with Crippen molar-refractivity contribution in [3.8, 4) is 0 Å². The van der Waals surface area contributed by atoms with Crippen molar-refractivity contribution >= 4 is 5.91 Å². The zero-order chi connectivity index (χ0) is 8.97. The van der Waals surface area contributed by atoms with Crippen LogP contribution in [0, 0.1) is 5.92 Å². The average molecular weight is 171 g/mol. The molecule has 12 heavy (non-hydrogen) atoms. The molecule has 0 heterocycles. The normalized spacial score (nSPS) is 16.6. The van der Waals surface area contributed by atoms with Gasteiger partial charge in [0.1, 0.15) is 0 Å². The molecule has 0 aromatic heterocycles. The molecule has 0 atom stereocenters. The number of hydrogen-bond acceptors (Lipinski definition) is 3. The van der Waals surface area contributed by atoms with Gasteiger partial charge in [0.25, 0.3) is 0 Å². The van der Waals surface area contributed by atoms with E-state index in [1.54, 1.807) is 0 Å². The summed E-state index contributed by atoms with van der Waals surface area (Å²) >= 11 is 0. The summed E-state index contributed by atoms with van der Waals surface area (Å²) in [5.41, 5.74) is 2.12. The number of amides is 1. The minimum absolute atomic E-state index is 0.0855. The van der Waals surface area contributed by atoms with Crippen LogP contribution in [0.15, 0.2) is 0 Å². The van der Waals surface area contributed by atoms with Crippen molar-refractivity contribution in [3.63, 3.8) is 0 Å². The fraction of sp³-hybridized carbons (Fsp3) is 0.875. The Bertz CT molecular complexity index is 156. The highest BCUT2D eigenvalue weighted by Crippen LogP contribution is 2.29. The third-order valence-electron chi connectivity index (χ3n) is 2.15. The van der Waals surface area contributed by atoms with Gasteiger partial charge in [-0.15, -0.1) is 0 Å². The number of nitrogens with two attached hydrogens (primary N) is 1. The standard InChI is InChI=1S/C8H17N3O/c1-11(6-7-2-3-7)5-4-8(12)10-9/h7H,2-6,9H2,1H3,(H,10,12). The van der Waals surface area contributed by atoms with E-state index < -0.39 is 0 Å². The monoisotopic (exact) mass is 171 g/mol. The van der Waals surface area contributed by atoms with Crippen LogP contribution in [0.3, 0.4) is 0 Å². The Morgan fingerprint density at radius 1 is 1.67 bits per heavy atom. The van der Waals surface area contributed by atoms with Crippen LogP contribution >= 0.6 is 0 Å². The molecule has 1 aliphatic rings. The maximum absolute atomic E-state index is 10.8. The van der Waals surface area contributed by atoms with Crippen LogP contribution in [0.25, 0.3) is 0 Å². The second kappa shape index (κ2) is 4.42. The topological polar surface area (TPSA) is 58.4 Å². The van der Waals surface area contributed by atoms with Crippen molar-refractivity contribution in [1.29, 1.82) is 0 Å². The number of carbonyl (C=O) groups is 1. The van der Waals surface area contributed by atoms with Gasteiger partial charge in [0.05, 0.1) is 0 Å². The smallest absolute Gasteiger partial charge is 0.235 e. The van der Waals surface area contributed by atoms with Gasteiger partial charge in [0.15, 0.2) is 0 Å². The van der Waals surface area contributed by atoms with E-state index >= 15 is 0 Å². The summed E-state index contributed by atoms with van der Waals surface area (Å²) in [6.07, 6.45) is 3.21. The van der Waals surface area contributed by atoms with Crippen molar-refractivity contribution in [2.45, 2.75) is 19.3 Å². The first-order valence-corrected chi connectivity index (χ1v) is 4.40. The molecule has 70 valence electrons. The quantitative estimate of drug-likeness (QED) is 0.339. The summed E-state index contributed by atoms with van der Waals surface area (Å²) in [5.74, 6) is 5.75. The van der Waals surface area contributed by atoms with Crippen LogP contribution in [-0.4, -0.2) is 30.9 Å².